The van der Waals surface area contributed by atoms with Crippen LogP contribution in [0.25, 0.3) is 0 Å². The number of rotatable bonds is 5. The van der Waals surface area contributed by atoms with Crippen molar-refractivity contribution in [2.24, 2.45) is 13.0 Å². The minimum atomic E-state index is -3.66. The third-order valence-electron chi connectivity index (χ3n) is 2.67. The molecule has 0 aliphatic carbocycles. The van der Waals surface area contributed by atoms with E-state index in [0.717, 1.165) is 0 Å². The van der Waals surface area contributed by atoms with Gasteiger partial charge in [0.1, 0.15) is 5.82 Å². The standard InChI is InChI=1S/C10H19N3O3S/c1-7(2)9(6-14)12-17(15,16)10-5-13(4)8(3)11-10/h5,7,9,12,14H,6H2,1-4H3. The van der Waals surface area contributed by atoms with Gasteiger partial charge in [0, 0.05) is 19.3 Å². The van der Waals surface area contributed by atoms with E-state index in [-0.39, 0.29) is 17.6 Å². The molecule has 1 heterocycles. The molecule has 1 aromatic rings. The van der Waals surface area contributed by atoms with Crippen molar-refractivity contribution in [1.82, 2.24) is 14.3 Å². The largest absolute Gasteiger partial charge is 0.395 e. The highest BCUT2D eigenvalue weighted by Crippen LogP contribution is 2.10. The average Bonchev–Trinajstić information content (AvgIpc) is 2.56. The normalized spacial score (nSPS) is 14.2. The molecule has 1 rings (SSSR count). The van der Waals surface area contributed by atoms with Gasteiger partial charge in [0.25, 0.3) is 10.0 Å². The van der Waals surface area contributed by atoms with Gasteiger partial charge in [-0.1, -0.05) is 13.8 Å². The summed E-state index contributed by atoms with van der Waals surface area (Å²) >= 11 is 0. The summed E-state index contributed by atoms with van der Waals surface area (Å²) in [5.41, 5.74) is 0. The monoisotopic (exact) mass is 261 g/mol. The van der Waals surface area contributed by atoms with Crippen LogP contribution in [0.5, 0.6) is 0 Å². The van der Waals surface area contributed by atoms with Crippen molar-refractivity contribution in [1.29, 1.82) is 0 Å². The molecule has 0 aromatic carbocycles. The molecule has 0 spiro atoms. The van der Waals surface area contributed by atoms with Crippen LogP contribution in [0, 0.1) is 12.8 Å². The quantitative estimate of drug-likeness (QED) is 0.783. The second-order valence-corrected chi connectivity index (χ2v) is 6.05. The van der Waals surface area contributed by atoms with E-state index in [1.807, 2.05) is 13.8 Å². The molecular weight excluding hydrogens is 242 g/mol. The summed E-state index contributed by atoms with van der Waals surface area (Å²) in [5.74, 6) is 0.634. The first-order valence-corrected chi connectivity index (χ1v) is 6.89. The van der Waals surface area contributed by atoms with E-state index >= 15 is 0 Å². The minimum Gasteiger partial charge on any atom is -0.395 e. The summed E-state index contributed by atoms with van der Waals surface area (Å²) in [6, 6.07) is -0.498. The summed E-state index contributed by atoms with van der Waals surface area (Å²) in [5, 5.41) is 9.10. The highest BCUT2D eigenvalue weighted by Gasteiger charge is 2.24. The van der Waals surface area contributed by atoms with Gasteiger partial charge in [-0.15, -0.1) is 0 Å². The highest BCUT2D eigenvalue weighted by atomic mass is 32.2. The Labute approximate surface area is 102 Å². The number of sulfonamides is 1. The van der Waals surface area contributed by atoms with Crippen molar-refractivity contribution in [3.05, 3.63) is 12.0 Å². The molecule has 17 heavy (non-hydrogen) atoms. The van der Waals surface area contributed by atoms with E-state index in [0.29, 0.717) is 5.82 Å². The van der Waals surface area contributed by atoms with Crippen molar-refractivity contribution in [3.63, 3.8) is 0 Å². The summed E-state index contributed by atoms with van der Waals surface area (Å²) in [4.78, 5) is 3.96. The van der Waals surface area contributed by atoms with Gasteiger partial charge in [0.15, 0.2) is 5.03 Å². The van der Waals surface area contributed by atoms with Crippen molar-refractivity contribution in [2.45, 2.75) is 31.8 Å². The van der Waals surface area contributed by atoms with Gasteiger partial charge < -0.3 is 9.67 Å². The smallest absolute Gasteiger partial charge is 0.259 e. The fourth-order valence-electron chi connectivity index (χ4n) is 1.30. The number of nitrogens with zero attached hydrogens (tertiary/aromatic N) is 2. The van der Waals surface area contributed by atoms with Crippen LogP contribution in [0.15, 0.2) is 11.2 Å². The average molecular weight is 261 g/mol. The lowest BCUT2D eigenvalue weighted by atomic mass is 10.1. The topological polar surface area (TPSA) is 84.2 Å². The second-order valence-electron chi connectivity index (χ2n) is 4.39. The Morgan fingerprint density at radius 1 is 1.53 bits per heavy atom. The van der Waals surface area contributed by atoms with Gasteiger partial charge in [0.05, 0.1) is 6.61 Å². The van der Waals surface area contributed by atoms with Crippen LogP contribution in [0.3, 0.4) is 0 Å². The van der Waals surface area contributed by atoms with Crippen molar-refractivity contribution in [3.8, 4) is 0 Å². The maximum atomic E-state index is 12.0. The number of hydrogen-bond acceptors (Lipinski definition) is 4. The number of hydrogen-bond donors (Lipinski definition) is 2. The predicted molar refractivity (Wildman–Crippen MR) is 64.0 cm³/mol. The lowest BCUT2D eigenvalue weighted by Gasteiger charge is -2.18. The molecule has 98 valence electrons. The summed E-state index contributed by atoms with van der Waals surface area (Å²) in [6.07, 6.45) is 1.45. The molecule has 0 fully saturated rings. The highest BCUT2D eigenvalue weighted by molar-refractivity contribution is 7.89. The Morgan fingerprint density at radius 2 is 2.12 bits per heavy atom. The molecule has 1 atom stereocenters. The van der Waals surface area contributed by atoms with Crippen LogP contribution in [0.2, 0.25) is 0 Å². The maximum Gasteiger partial charge on any atom is 0.259 e. The number of aliphatic hydroxyl groups excluding tert-OH is 1. The lowest BCUT2D eigenvalue weighted by molar-refractivity contribution is 0.227. The Kier molecular flexibility index (Phi) is 4.29. The third kappa shape index (κ3) is 3.27. The Balaban J connectivity index is 2.96. The summed E-state index contributed by atoms with van der Waals surface area (Å²) < 4.78 is 28.0. The number of nitrogens with one attached hydrogen (secondary N) is 1. The van der Waals surface area contributed by atoms with Crippen LogP contribution in [0.1, 0.15) is 19.7 Å². The molecule has 1 aromatic heterocycles. The predicted octanol–water partition coefficient (Wildman–Crippen LogP) is 0.0237. The summed E-state index contributed by atoms with van der Waals surface area (Å²) in [7, 11) is -1.93. The second kappa shape index (κ2) is 5.16. The number of aromatic nitrogens is 2. The molecule has 0 amide bonds. The zero-order valence-electron chi connectivity index (χ0n) is 10.5. The molecule has 0 saturated heterocycles. The van der Waals surface area contributed by atoms with Crippen LogP contribution < -0.4 is 4.72 Å². The van der Waals surface area contributed by atoms with Gasteiger partial charge in [-0.3, -0.25) is 0 Å². The van der Waals surface area contributed by atoms with E-state index in [1.165, 1.54) is 6.20 Å². The fraction of sp³-hybridized carbons (Fsp3) is 0.700. The lowest BCUT2D eigenvalue weighted by Crippen LogP contribution is -2.41. The minimum absolute atomic E-state index is 0.0135. The molecule has 0 saturated carbocycles. The third-order valence-corrected chi connectivity index (χ3v) is 4.03. The first kappa shape index (κ1) is 14.1. The van der Waals surface area contributed by atoms with E-state index < -0.39 is 16.1 Å². The van der Waals surface area contributed by atoms with E-state index in [1.54, 1.807) is 18.5 Å². The van der Waals surface area contributed by atoms with Crippen molar-refractivity contribution in [2.75, 3.05) is 6.61 Å². The van der Waals surface area contributed by atoms with Crippen LogP contribution in [-0.4, -0.2) is 35.7 Å². The number of imidazole rings is 1. The van der Waals surface area contributed by atoms with E-state index in [4.69, 9.17) is 5.11 Å². The first-order valence-electron chi connectivity index (χ1n) is 5.41. The van der Waals surface area contributed by atoms with Gasteiger partial charge in [-0.2, -0.15) is 0 Å². The number of aliphatic hydroxyl groups is 1. The van der Waals surface area contributed by atoms with E-state index in [2.05, 4.69) is 9.71 Å². The molecule has 0 radical (unpaired) electrons. The number of aryl methyl sites for hydroxylation is 2. The Morgan fingerprint density at radius 3 is 2.47 bits per heavy atom. The molecule has 7 heteroatoms. The van der Waals surface area contributed by atoms with Crippen molar-refractivity contribution >= 4 is 10.0 Å². The molecule has 0 aliphatic rings. The van der Waals surface area contributed by atoms with Crippen molar-refractivity contribution < 1.29 is 13.5 Å². The molecular formula is C10H19N3O3S. The van der Waals surface area contributed by atoms with Gasteiger partial charge in [0.2, 0.25) is 0 Å². The zero-order chi connectivity index (χ0) is 13.2. The first-order chi connectivity index (χ1) is 7.77. The molecule has 0 bridgehead atoms. The molecule has 6 nitrogen and oxygen atoms in total. The van der Waals surface area contributed by atoms with Gasteiger partial charge >= 0.3 is 0 Å². The Bertz CT molecular complexity index is 459. The van der Waals surface area contributed by atoms with Crippen LogP contribution >= 0.6 is 0 Å². The Hall–Kier alpha value is -0.920. The van der Waals surface area contributed by atoms with Gasteiger partial charge in [-0.05, 0) is 12.8 Å². The van der Waals surface area contributed by atoms with Crippen LogP contribution in [0.4, 0.5) is 0 Å². The maximum absolute atomic E-state index is 12.0. The molecule has 0 aliphatic heterocycles. The SMILES string of the molecule is Cc1nc(S(=O)(=O)NC(CO)C(C)C)cn1C. The molecule has 2 N–H and O–H groups in total. The zero-order valence-corrected chi connectivity index (χ0v) is 11.3. The van der Waals surface area contributed by atoms with Crippen LogP contribution in [-0.2, 0) is 17.1 Å². The summed E-state index contributed by atoms with van der Waals surface area (Å²) in [6.45, 7) is 5.17. The van der Waals surface area contributed by atoms with E-state index in [9.17, 15) is 8.42 Å². The molecule has 1 unspecified atom stereocenters. The van der Waals surface area contributed by atoms with Gasteiger partial charge in [-0.25, -0.2) is 18.1 Å². The fourth-order valence-corrected chi connectivity index (χ4v) is 2.71.